The molecular weight excluding hydrogens is 375 g/mol. The maximum absolute atomic E-state index is 11.7. The van der Waals surface area contributed by atoms with Gasteiger partial charge in [0.1, 0.15) is 5.75 Å². The van der Waals surface area contributed by atoms with Crippen molar-refractivity contribution < 1.29 is 19.1 Å². The Morgan fingerprint density at radius 1 is 0.917 bits per heavy atom. The first-order valence-electron chi connectivity index (χ1n) is 7.95. The van der Waals surface area contributed by atoms with Crippen molar-refractivity contribution in [2.75, 3.05) is 6.61 Å². The lowest BCUT2D eigenvalue weighted by Gasteiger charge is -2.07. The van der Waals surface area contributed by atoms with Crippen LogP contribution in [0.3, 0.4) is 0 Å². The van der Waals surface area contributed by atoms with Crippen molar-refractivity contribution in [3.8, 4) is 5.75 Å². The van der Waals surface area contributed by atoms with Gasteiger partial charge in [-0.05, 0) is 12.8 Å². The first-order chi connectivity index (χ1) is 11.4. The molecule has 4 nitrogen and oxygen atoms in total. The van der Waals surface area contributed by atoms with Gasteiger partial charge in [-0.2, -0.15) is 0 Å². The maximum atomic E-state index is 11.7. The zero-order valence-corrected chi connectivity index (χ0v) is 15.8. The van der Waals surface area contributed by atoms with Crippen molar-refractivity contribution in [2.45, 2.75) is 51.9 Å². The normalized spacial score (nSPS) is 10.5. The number of carbonyl (C=O) groups is 2. The van der Waals surface area contributed by atoms with Crippen LogP contribution >= 0.6 is 34.8 Å². The molecule has 0 heterocycles. The molecule has 134 valence electrons. The molecule has 0 aliphatic rings. The Morgan fingerprint density at radius 3 is 2.17 bits per heavy atom. The molecule has 0 bridgehead atoms. The van der Waals surface area contributed by atoms with Gasteiger partial charge in [-0.3, -0.25) is 9.59 Å². The number of ether oxygens (including phenoxy) is 2. The number of rotatable bonds is 10. The monoisotopic (exact) mass is 394 g/mol. The summed E-state index contributed by atoms with van der Waals surface area (Å²) in [6, 6.07) is 2.83. The van der Waals surface area contributed by atoms with E-state index in [4.69, 9.17) is 44.3 Å². The van der Waals surface area contributed by atoms with E-state index in [1.54, 1.807) is 0 Å². The molecule has 0 aliphatic carbocycles. The van der Waals surface area contributed by atoms with Crippen LogP contribution < -0.4 is 4.74 Å². The third-order valence-electron chi connectivity index (χ3n) is 3.21. The topological polar surface area (TPSA) is 52.6 Å². The summed E-state index contributed by atoms with van der Waals surface area (Å²) in [6.45, 7) is 2.56. The Labute approximate surface area is 157 Å². The van der Waals surface area contributed by atoms with Crippen LogP contribution in [-0.2, 0) is 14.3 Å². The van der Waals surface area contributed by atoms with E-state index in [1.165, 1.54) is 12.1 Å². The summed E-state index contributed by atoms with van der Waals surface area (Å²) in [5.74, 6) is -0.546. The van der Waals surface area contributed by atoms with Crippen LogP contribution in [0.2, 0.25) is 15.1 Å². The zero-order valence-electron chi connectivity index (χ0n) is 13.6. The van der Waals surface area contributed by atoms with Crippen LogP contribution in [-0.4, -0.2) is 18.5 Å². The Kier molecular flexibility index (Phi) is 10.2. The van der Waals surface area contributed by atoms with E-state index in [1.807, 2.05) is 0 Å². The number of esters is 2. The molecule has 0 spiro atoms. The van der Waals surface area contributed by atoms with Gasteiger partial charge in [-0.25, -0.2) is 0 Å². The van der Waals surface area contributed by atoms with Gasteiger partial charge >= 0.3 is 11.9 Å². The van der Waals surface area contributed by atoms with Gasteiger partial charge in [0.2, 0.25) is 0 Å². The quantitative estimate of drug-likeness (QED) is 0.216. The van der Waals surface area contributed by atoms with Crippen LogP contribution in [0.1, 0.15) is 51.9 Å². The molecule has 0 unspecified atom stereocenters. The predicted octanol–water partition coefficient (Wildman–Crippen LogP) is 5.85. The molecular formula is C17H21Cl3O4. The van der Waals surface area contributed by atoms with E-state index >= 15 is 0 Å². The molecule has 0 saturated carbocycles. The number of hydrogen-bond acceptors (Lipinski definition) is 4. The predicted molar refractivity (Wildman–Crippen MR) is 96.1 cm³/mol. The van der Waals surface area contributed by atoms with Gasteiger partial charge in [0.15, 0.2) is 0 Å². The summed E-state index contributed by atoms with van der Waals surface area (Å²) >= 11 is 17.5. The fraction of sp³-hybridized carbons (Fsp3) is 0.529. The Morgan fingerprint density at radius 2 is 1.54 bits per heavy atom. The molecule has 24 heavy (non-hydrogen) atoms. The van der Waals surface area contributed by atoms with E-state index in [-0.39, 0.29) is 39.6 Å². The number of halogens is 3. The molecule has 1 aromatic rings. The molecule has 0 aromatic heterocycles. The largest absolute Gasteiger partial charge is 0.466 e. The van der Waals surface area contributed by atoms with Gasteiger partial charge in [0, 0.05) is 25.0 Å². The fourth-order valence-electron chi connectivity index (χ4n) is 1.94. The maximum Gasteiger partial charge on any atom is 0.311 e. The highest BCUT2D eigenvalue weighted by Crippen LogP contribution is 2.34. The summed E-state index contributed by atoms with van der Waals surface area (Å²) in [6.07, 6.45) is 4.86. The van der Waals surface area contributed by atoms with E-state index in [0.29, 0.717) is 13.0 Å². The van der Waals surface area contributed by atoms with Crippen molar-refractivity contribution in [3.05, 3.63) is 27.2 Å². The lowest BCUT2D eigenvalue weighted by molar-refractivity contribution is -0.144. The van der Waals surface area contributed by atoms with E-state index in [9.17, 15) is 9.59 Å². The lowest BCUT2D eigenvalue weighted by atomic mass is 10.2. The molecule has 0 amide bonds. The third kappa shape index (κ3) is 8.22. The summed E-state index contributed by atoms with van der Waals surface area (Å²) in [4.78, 5) is 23.3. The Bertz CT molecular complexity index is 538. The summed E-state index contributed by atoms with van der Waals surface area (Å²) in [7, 11) is 0. The molecule has 7 heteroatoms. The first-order valence-corrected chi connectivity index (χ1v) is 9.08. The average molecular weight is 396 g/mol. The van der Waals surface area contributed by atoms with E-state index in [0.717, 1.165) is 25.7 Å². The van der Waals surface area contributed by atoms with Crippen LogP contribution in [0.15, 0.2) is 12.1 Å². The minimum absolute atomic E-state index is 0.1000. The van der Waals surface area contributed by atoms with Crippen molar-refractivity contribution in [1.29, 1.82) is 0 Å². The molecule has 0 aliphatic heterocycles. The molecule has 0 atom stereocenters. The van der Waals surface area contributed by atoms with Gasteiger partial charge in [0.05, 0.1) is 21.7 Å². The summed E-state index contributed by atoms with van der Waals surface area (Å²) < 4.78 is 10.2. The fourth-order valence-corrected chi connectivity index (χ4v) is 2.51. The molecule has 0 saturated heterocycles. The van der Waals surface area contributed by atoms with Crippen LogP contribution in [0.25, 0.3) is 0 Å². The van der Waals surface area contributed by atoms with Gasteiger partial charge in [0.25, 0.3) is 0 Å². The number of unbranched alkanes of at least 4 members (excludes halogenated alkanes) is 3. The average Bonchev–Trinajstić information content (AvgIpc) is 2.52. The SMILES string of the molecule is CCCCCCOC(=O)CCCC(=O)Oc1cc(Cl)c(Cl)c(Cl)c1. The standard InChI is InChI=1S/C17H21Cl3O4/c1-2-3-4-5-9-23-15(21)7-6-8-16(22)24-12-10-13(18)17(20)14(19)11-12/h10-11H,2-9H2,1H3. The first kappa shape index (κ1) is 21.1. The third-order valence-corrected chi connectivity index (χ3v) is 4.41. The Hall–Kier alpha value is -0.970. The second-order valence-corrected chi connectivity index (χ2v) is 6.50. The van der Waals surface area contributed by atoms with E-state index in [2.05, 4.69) is 6.92 Å². The minimum atomic E-state index is -0.472. The van der Waals surface area contributed by atoms with E-state index < -0.39 is 5.97 Å². The minimum Gasteiger partial charge on any atom is -0.466 e. The number of benzene rings is 1. The highest BCUT2D eigenvalue weighted by molar-refractivity contribution is 6.48. The van der Waals surface area contributed by atoms with Crippen molar-refractivity contribution in [2.24, 2.45) is 0 Å². The second kappa shape index (κ2) is 11.6. The molecule has 0 radical (unpaired) electrons. The lowest BCUT2D eigenvalue weighted by Crippen LogP contribution is -2.10. The van der Waals surface area contributed by atoms with Crippen molar-refractivity contribution in [3.63, 3.8) is 0 Å². The highest BCUT2D eigenvalue weighted by Gasteiger charge is 2.11. The smallest absolute Gasteiger partial charge is 0.311 e. The van der Waals surface area contributed by atoms with Crippen molar-refractivity contribution in [1.82, 2.24) is 0 Å². The second-order valence-electron chi connectivity index (χ2n) is 5.31. The molecule has 1 aromatic carbocycles. The molecule has 0 fully saturated rings. The van der Waals surface area contributed by atoms with Crippen molar-refractivity contribution >= 4 is 46.7 Å². The molecule has 0 N–H and O–H groups in total. The number of hydrogen-bond donors (Lipinski definition) is 0. The van der Waals surface area contributed by atoms with Crippen LogP contribution in [0.4, 0.5) is 0 Å². The molecule has 1 rings (SSSR count). The Balaban J connectivity index is 2.23. The van der Waals surface area contributed by atoms with Crippen LogP contribution in [0.5, 0.6) is 5.75 Å². The number of carbonyl (C=O) groups excluding carboxylic acids is 2. The highest BCUT2D eigenvalue weighted by atomic mass is 35.5. The summed E-state index contributed by atoms with van der Waals surface area (Å²) in [5, 5.41) is 0.622. The van der Waals surface area contributed by atoms with Gasteiger partial charge in [-0.15, -0.1) is 0 Å². The zero-order chi connectivity index (χ0) is 17.9. The summed E-state index contributed by atoms with van der Waals surface area (Å²) in [5.41, 5.74) is 0. The van der Waals surface area contributed by atoms with Crippen LogP contribution in [0, 0.1) is 0 Å². The van der Waals surface area contributed by atoms with Gasteiger partial charge in [-0.1, -0.05) is 61.0 Å². The van der Waals surface area contributed by atoms with Gasteiger partial charge < -0.3 is 9.47 Å².